The van der Waals surface area contributed by atoms with Crippen molar-refractivity contribution in [2.24, 2.45) is 0 Å². The second-order valence-corrected chi connectivity index (χ2v) is 7.93. The van der Waals surface area contributed by atoms with E-state index in [2.05, 4.69) is 15.5 Å². The Labute approximate surface area is 168 Å². The van der Waals surface area contributed by atoms with E-state index in [9.17, 15) is 26.4 Å². The van der Waals surface area contributed by atoms with Crippen LogP contribution in [0.5, 0.6) is 5.75 Å². The van der Waals surface area contributed by atoms with Crippen molar-refractivity contribution >= 4 is 21.4 Å². The molecule has 30 heavy (non-hydrogen) atoms. The number of carbonyl (C=O) groups excluding carboxylic acids is 1. The summed E-state index contributed by atoms with van der Waals surface area (Å²) in [7, 11) is -4.36. The van der Waals surface area contributed by atoms with Crippen molar-refractivity contribution in [3.05, 3.63) is 53.9 Å². The highest BCUT2D eigenvalue weighted by atomic mass is 32.2. The van der Waals surface area contributed by atoms with Crippen LogP contribution in [0.1, 0.15) is 16.2 Å². The van der Waals surface area contributed by atoms with Crippen LogP contribution in [0.4, 0.5) is 18.9 Å². The lowest BCUT2D eigenvalue weighted by molar-refractivity contribution is -0.0436. The second-order valence-electron chi connectivity index (χ2n) is 5.99. The van der Waals surface area contributed by atoms with Gasteiger partial charge in [0.2, 0.25) is 0 Å². The van der Waals surface area contributed by atoms with Gasteiger partial charge >= 0.3 is 5.51 Å². The topological polar surface area (TPSA) is 111 Å². The van der Waals surface area contributed by atoms with Gasteiger partial charge < -0.3 is 14.6 Å². The number of aryl methyl sites for hydroxylation is 1. The maximum Gasteiger partial charge on any atom is 0.501 e. The molecule has 3 aromatic rings. The third kappa shape index (κ3) is 4.13. The maximum atomic E-state index is 12.8. The molecule has 0 unspecified atom stereocenters. The van der Waals surface area contributed by atoms with E-state index in [-0.39, 0.29) is 22.9 Å². The minimum atomic E-state index is -5.59. The van der Waals surface area contributed by atoms with Gasteiger partial charge in [-0.25, -0.2) is 8.42 Å². The molecule has 0 spiro atoms. The number of sulfone groups is 1. The van der Waals surface area contributed by atoms with Crippen LogP contribution in [0.2, 0.25) is 0 Å². The summed E-state index contributed by atoms with van der Waals surface area (Å²) in [6, 6.07) is 8.43. The largest absolute Gasteiger partial charge is 0.501 e. The molecule has 2 aromatic carbocycles. The Bertz CT molecular complexity index is 1190. The molecule has 0 fully saturated rings. The molecule has 0 aliphatic heterocycles. The van der Waals surface area contributed by atoms with E-state index >= 15 is 0 Å². The summed E-state index contributed by atoms with van der Waals surface area (Å²) in [6.07, 6.45) is 0. The van der Waals surface area contributed by atoms with E-state index in [0.717, 1.165) is 12.1 Å². The van der Waals surface area contributed by atoms with E-state index in [0.29, 0.717) is 17.5 Å². The Balaban J connectivity index is 1.88. The van der Waals surface area contributed by atoms with Crippen molar-refractivity contribution in [3.63, 3.8) is 0 Å². The molecule has 158 valence electrons. The fourth-order valence-corrected chi connectivity index (χ4v) is 3.25. The van der Waals surface area contributed by atoms with Crippen molar-refractivity contribution < 1.29 is 35.6 Å². The number of nitrogens with zero attached hydrogens (tertiary/aromatic N) is 2. The summed E-state index contributed by atoms with van der Waals surface area (Å²) in [5, 5.41) is 6.02. The Hall–Kier alpha value is -3.41. The average molecular weight is 441 g/mol. The van der Waals surface area contributed by atoms with Gasteiger partial charge in [0.25, 0.3) is 21.6 Å². The zero-order valence-electron chi connectivity index (χ0n) is 15.5. The van der Waals surface area contributed by atoms with Gasteiger partial charge in [-0.05, 0) is 49.4 Å². The number of ether oxygens (including phenoxy) is 1. The van der Waals surface area contributed by atoms with Crippen LogP contribution in [0, 0.1) is 6.92 Å². The standard InChI is InChI=1S/C18H14F3N3O5S/c1-10-22-17(29-24-10)12-5-3-11(4-6-12)16(25)23-14-9-13(7-8-15(14)28-2)30(26,27)18(19,20)21/h3-9H,1-2H3,(H,23,25). The van der Waals surface area contributed by atoms with Gasteiger partial charge in [0.15, 0.2) is 5.82 Å². The number of nitrogens with one attached hydrogen (secondary N) is 1. The maximum absolute atomic E-state index is 12.8. The predicted octanol–water partition coefficient (Wildman–Crippen LogP) is 3.60. The average Bonchev–Trinajstić information content (AvgIpc) is 3.13. The molecular weight excluding hydrogens is 427 g/mol. The van der Waals surface area contributed by atoms with Gasteiger partial charge in [0.1, 0.15) is 5.75 Å². The smallest absolute Gasteiger partial charge is 0.495 e. The fourth-order valence-electron chi connectivity index (χ4n) is 2.46. The molecule has 0 saturated carbocycles. The van der Waals surface area contributed by atoms with Gasteiger partial charge in [0, 0.05) is 11.1 Å². The molecule has 0 atom stereocenters. The fraction of sp³-hybridized carbons (Fsp3) is 0.167. The van der Waals surface area contributed by atoms with Crippen LogP contribution >= 0.6 is 0 Å². The Morgan fingerprint density at radius 3 is 2.33 bits per heavy atom. The molecule has 0 radical (unpaired) electrons. The number of anilines is 1. The number of aromatic nitrogens is 2. The van der Waals surface area contributed by atoms with E-state index in [1.54, 1.807) is 19.1 Å². The number of hydrogen-bond acceptors (Lipinski definition) is 7. The first-order valence-electron chi connectivity index (χ1n) is 8.24. The molecule has 3 rings (SSSR count). The molecular formula is C18H14F3N3O5S. The SMILES string of the molecule is COc1ccc(S(=O)(=O)C(F)(F)F)cc1NC(=O)c1ccc(-c2nc(C)no2)cc1. The molecule has 0 aliphatic carbocycles. The molecule has 1 amide bonds. The molecule has 1 heterocycles. The lowest BCUT2D eigenvalue weighted by atomic mass is 10.1. The normalized spacial score (nSPS) is 11.9. The third-order valence-corrected chi connectivity index (χ3v) is 5.44. The van der Waals surface area contributed by atoms with E-state index in [1.165, 1.54) is 19.2 Å². The number of hydrogen-bond donors (Lipinski definition) is 1. The molecule has 1 N–H and O–H groups in total. The zero-order valence-corrected chi connectivity index (χ0v) is 16.3. The first-order valence-corrected chi connectivity index (χ1v) is 9.73. The summed E-state index contributed by atoms with van der Waals surface area (Å²) in [6.45, 7) is 1.65. The molecule has 8 nitrogen and oxygen atoms in total. The van der Waals surface area contributed by atoms with Gasteiger partial charge in [-0.15, -0.1) is 0 Å². The highest BCUT2D eigenvalue weighted by Gasteiger charge is 2.47. The lowest BCUT2D eigenvalue weighted by Gasteiger charge is -2.13. The third-order valence-electron chi connectivity index (χ3n) is 3.96. The summed E-state index contributed by atoms with van der Waals surface area (Å²) in [5.74, 6) is -0.00987. The van der Waals surface area contributed by atoms with Crippen molar-refractivity contribution in [2.75, 3.05) is 12.4 Å². The van der Waals surface area contributed by atoms with E-state index in [1.807, 2.05) is 0 Å². The molecule has 0 bridgehead atoms. The molecule has 0 aliphatic rings. The number of amides is 1. The zero-order chi connectivity index (χ0) is 22.1. The van der Waals surface area contributed by atoms with Crippen molar-refractivity contribution in [1.29, 1.82) is 0 Å². The van der Waals surface area contributed by atoms with E-state index in [4.69, 9.17) is 9.26 Å². The lowest BCUT2D eigenvalue weighted by Crippen LogP contribution is -2.23. The van der Waals surface area contributed by atoms with Crippen LogP contribution in [0.25, 0.3) is 11.5 Å². The molecule has 0 saturated heterocycles. The second kappa shape index (κ2) is 7.78. The molecule has 1 aromatic heterocycles. The Morgan fingerprint density at radius 1 is 1.13 bits per heavy atom. The van der Waals surface area contributed by atoms with Crippen molar-refractivity contribution in [2.45, 2.75) is 17.3 Å². The Morgan fingerprint density at radius 2 is 1.80 bits per heavy atom. The number of rotatable bonds is 5. The van der Waals surface area contributed by atoms with Crippen molar-refractivity contribution in [1.82, 2.24) is 10.1 Å². The van der Waals surface area contributed by atoms with Crippen LogP contribution in [0.15, 0.2) is 51.9 Å². The highest BCUT2D eigenvalue weighted by Crippen LogP contribution is 2.34. The van der Waals surface area contributed by atoms with E-state index < -0.39 is 26.1 Å². The van der Waals surface area contributed by atoms with Crippen LogP contribution in [-0.4, -0.2) is 37.1 Å². The quantitative estimate of drug-likeness (QED) is 0.644. The molecule has 12 heteroatoms. The van der Waals surface area contributed by atoms with Crippen molar-refractivity contribution in [3.8, 4) is 17.2 Å². The van der Waals surface area contributed by atoms with Gasteiger partial charge in [-0.3, -0.25) is 4.79 Å². The van der Waals surface area contributed by atoms with Crippen LogP contribution in [-0.2, 0) is 9.84 Å². The van der Waals surface area contributed by atoms with Crippen LogP contribution < -0.4 is 10.1 Å². The first kappa shape index (κ1) is 21.3. The van der Waals surface area contributed by atoms with Gasteiger partial charge in [-0.2, -0.15) is 18.2 Å². The number of carbonyl (C=O) groups is 1. The number of halogens is 3. The van der Waals surface area contributed by atoms with Crippen LogP contribution in [0.3, 0.4) is 0 Å². The number of alkyl halides is 3. The number of benzene rings is 2. The minimum absolute atomic E-state index is 0.0116. The summed E-state index contributed by atoms with van der Waals surface area (Å²) in [5.41, 5.74) is -5.00. The summed E-state index contributed by atoms with van der Waals surface area (Å²) < 4.78 is 71.7. The minimum Gasteiger partial charge on any atom is -0.495 e. The summed E-state index contributed by atoms with van der Waals surface area (Å²) >= 11 is 0. The predicted molar refractivity (Wildman–Crippen MR) is 98.7 cm³/mol. The number of methoxy groups -OCH3 is 1. The van der Waals surface area contributed by atoms with Gasteiger partial charge in [0.05, 0.1) is 17.7 Å². The Kier molecular flexibility index (Phi) is 5.53. The van der Waals surface area contributed by atoms with Gasteiger partial charge in [-0.1, -0.05) is 5.16 Å². The highest BCUT2D eigenvalue weighted by molar-refractivity contribution is 7.92. The first-order chi connectivity index (χ1) is 14.0. The summed E-state index contributed by atoms with van der Waals surface area (Å²) in [4.78, 5) is 15.5. The monoisotopic (exact) mass is 441 g/mol.